The summed E-state index contributed by atoms with van der Waals surface area (Å²) in [6.07, 6.45) is 5.17. The zero-order valence-corrected chi connectivity index (χ0v) is 15.3. The van der Waals surface area contributed by atoms with Crippen LogP contribution >= 0.6 is 23.2 Å². The Hall–Kier alpha value is -1.93. The molecule has 1 N–H and O–H groups in total. The molecule has 0 unspecified atom stereocenters. The van der Waals surface area contributed by atoms with Gasteiger partial charge in [-0.3, -0.25) is 9.67 Å². The van der Waals surface area contributed by atoms with E-state index in [0.29, 0.717) is 11.6 Å². The molecule has 25 heavy (non-hydrogen) atoms. The summed E-state index contributed by atoms with van der Waals surface area (Å²) in [7, 11) is -3.74. The fraction of sp³-hybridized carbons (Fsp3) is 0.125. The quantitative estimate of drug-likeness (QED) is 0.693. The molecule has 0 amide bonds. The molecule has 6 nitrogen and oxygen atoms in total. The van der Waals surface area contributed by atoms with E-state index in [-0.39, 0.29) is 16.5 Å². The van der Waals surface area contributed by atoms with E-state index in [1.54, 1.807) is 23.3 Å². The summed E-state index contributed by atoms with van der Waals surface area (Å²) < 4.78 is 28.8. The smallest absolute Gasteiger partial charge is 0.242 e. The van der Waals surface area contributed by atoms with Gasteiger partial charge in [0, 0.05) is 35.7 Å². The lowest BCUT2D eigenvalue weighted by atomic mass is 10.2. The number of sulfonamides is 1. The van der Waals surface area contributed by atoms with Gasteiger partial charge < -0.3 is 0 Å². The van der Waals surface area contributed by atoms with E-state index in [1.807, 2.05) is 18.2 Å². The molecule has 0 fully saturated rings. The molecule has 1 aromatic carbocycles. The number of hydrogen-bond donors (Lipinski definition) is 1. The number of halogens is 2. The van der Waals surface area contributed by atoms with Gasteiger partial charge in [0.2, 0.25) is 10.0 Å². The van der Waals surface area contributed by atoms with Crippen molar-refractivity contribution in [3.05, 3.63) is 65.0 Å². The standard InChI is InChI=1S/C16H14Cl2N4O2S/c17-13-1-2-14(18)16(11-13)25(23,24)20-8-10-22-9-5-15(21-22)12-3-6-19-7-4-12/h1-7,9,11,20H,8,10H2. The first-order valence-corrected chi connectivity index (χ1v) is 9.58. The summed E-state index contributed by atoms with van der Waals surface area (Å²) in [5.41, 5.74) is 1.74. The van der Waals surface area contributed by atoms with Gasteiger partial charge in [0.05, 0.1) is 17.3 Å². The summed E-state index contributed by atoms with van der Waals surface area (Å²) >= 11 is 11.8. The van der Waals surface area contributed by atoms with Crippen molar-refractivity contribution in [1.29, 1.82) is 0 Å². The summed E-state index contributed by atoms with van der Waals surface area (Å²) in [6.45, 7) is 0.547. The van der Waals surface area contributed by atoms with Gasteiger partial charge in [0.1, 0.15) is 4.90 Å². The highest BCUT2D eigenvalue weighted by atomic mass is 35.5. The molecule has 0 aliphatic carbocycles. The third kappa shape index (κ3) is 4.38. The van der Waals surface area contributed by atoms with E-state index in [0.717, 1.165) is 11.3 Å². The molecule has 2 heterocycles. The highest BCUT2D eigenvalue weighted by molar-refractivity contribution is 7.89. The Labute approximate surface area is 155 Å². The van der Waals surface area contributed by atoms with Crippen LogP contribution in [-0.2, 0) is 16.6 Å². The average molecular weight is 397 g/mol. The van der Waals surface area contributed by atoms with Crippen molar-refractivity contribution >= 4 is 33.2 Å². The third-order valence-corrected chi connectivity index (χ3v) is 5.61. The molecule has 2 aromatic heterocycles. The molecule has 9 heteroatoms. The minimum Gasteiger partial charge on any atom is -0.271 e. The van der Waals surface area contributed by atoms with Crippen molar-refractivity contribution in [2.24, 2.45) is 0 Å². The lowest BCUT2D eigenvalue weighted by molar-refractivity contribution is 0.561. The van der Waals surface area contributed by atoms with E-state index >= 15 is 0 Å². The van der Waals surface area contributed by atoms with Crippen LogP contribution in [0.1, 0.15) is 0 Å². The second-order valence-corrected chi connectivity index (χ2v) is 7.75. The first-order valence-electron chi connectivity index (χ1n) is 7.34. The van der Waals surface area contributed by atoms with Gasteiger partial charge in [0.15, 0.2) is 0 Å². The van der Waals surface area contributed by atoms with Crippen LogP contribution in [0.5, 0.6) is 0 Å². The predicted molar refractivity (Wildman–Crippen MR) is 97.1 cm³/mol. The van der Waals surface area contributed by atoms with Gasteiger partial charge in [-0.2, -0.15) is 5.10 Å². The molecule has 0 saturated heterocycles. The minimum atomic E-state index is -3.74. The molecular weight excluding hydrogens is 383 g/mol. The van der Waals surface area contributed by atoms with Gasteiger partial charge in [-0.25, -0.2) is 13.1 Å². The van der Waals surface area contributed by atoms with Crippen LogP contribution in [-0.4, -0.2) is 29.7 Å². The van der Waals surface area contributed by atoms with Crippen LogP contribution in [0.4, 0.5) is 0 Å². The van der Waals surface area contributed by atoms with Gasteiger partial charge in [0.25, 0.3) is 0 Å². The predicted octanol–water partition coefficient (Wildman–Crippen LogP) is 3.23. The molecule has 0 saturated carbocycles. The molecule has 3 aromatic rings. The summed E-state index contributed by atoms with van der Waals surface area (Å²) in [5.74, 6) is 0. The lowest BCUT2D eigenvalue weighted by Gasteiger charge is -2.09. The second kappa shape index (κ2) is 7.53. The first-order chi connectivity index (χ1) is 12.0. The van der Waals surface area contributed by atoms with E-state index in [2.05, 4.69) is 14.8 Å². The number of aromatic nitrogens is 3. The second-order valence-electron chi connectivity index (χ2n) is 5.17. The van der Waals surface area contributed by atoms with Crippen molar-refractivity contribution in [2.75, 3.05) is 6.54 Å². The molecule has 3 rings (SSSR count). The first kappa shape index (κ1) is 17.9. The zero-order valence-electron chi connectivity index (χ0n) is 12.9. The summed E-state index contributed by atoms with van der Waals surface area (Å²) in [5, 5.41) is 4.84. The number of nitrogens with one attached hydrogen (secondary N) is 1. The SMILES string of the molecule is O=S(=O)(NCCn1ccc(-c2ccncc2)n1)c1cc(Cl)ccc1Cl. The molecule has 0 radical (unpaired) electrons. The van der Waals surface area contributed by atoms with Crippen molar-refractivity contribution in [1.82, 2.24) is 19.5 Å². The lowest BCUT2D eigenvalue weighted by Crippen LogP contribution is -2.27. The number of nitrogens with zero attached hydrogens (tertiary/aromatic N) is 3. The number of hydrogen-bond acceptors (Lipinski definition) is 4. The number of benzene rings is 1. The number of pyridine rings is 1. The van der Waals surface area contributed by atoms with Crippen molar-refractivity contribution in [3.63, 3.8) is 0 Å². The molecule has 0 aliphatic heterocycles. The summed E-state index contributed by atoms with van der Waals surface area (Å²) in [6, 6.07) is 9.88. The third-order valence-electron chi connectivity index (χ3n) is 3.43. The maximum absolute atomic E-state index is 12.3. The van der Waals surface area contributed by atoms with Crippen LogP contribution in [0.25, 0.3) is 11.3 Å². The van der Waals surface area contributed by atoms with Crippen LogP contribution in [0.15, 0.2) is 59.9 Å². The molecular formula is C16H14Cl2N4O2S. The highest BCUT2D eigenvalue weighted by Gasteiger charge is 2.18. The molecule has 0 spiro atoms. The molecule has 130 valence electrons. The largest absolute Gasteiger partial charge is 0.271 e. The van der Waals surface area contributed by atoms with E-state index < -0.39 is 10.0 Å². The maximum atomic E-state index is 12.3. The fourth-order valence-corrected chi connectivity index (χ4v) is 4.00. The fourth-order valence-electron chi connectivity index (χ4n) is 2.22. The Morgan fingerprint density at radius 2 is 1.84 bits per heavy atom. The van der Waals surface area contributed by atoms with E-state index in [9.17, 15) is 8.42 Å². The van der Waals surface area contributed by atoms with Crippen molar-refractivity contribution in [3.8, 4) is 11.3 Å². The van der Waals surface area contributed by atoms with Gasteiger partial charge in [-0.15, -0.1) is 0 Å². The number of rotatable bonds is 6. The van der Waals surface area contributed by atoms with E-state index in [4.69, 9.17) is 23.2 Å². The normalized spacial score (nSPS) is 11.6. The van der Waals surface area contributed by atoms with Crippen LogP contribution in [0, 0.1) is 0 Å². The van der Waals surface area contributed by atoms with Crippen LogP contribution < -0.4 is 4.72 Å². The monoisotopic (exact) mass is 396 g/mol. The Bertz CT molecular complexity index is 975. The van der Waals surface area contributed by atoms with Crippen LogP contribution in [0.3, 0.4) is 0 Å². The topological polar surface area (TPSA) is 76.9 Å². The Morgan fingerprint density at radius 1 is 1.08 bits per heavy atom. The minimum absolute atomic E-state index is 0.0420. The van der Waals surface area contributed by atoms with Gasteiger partial charge in [-0.1, -0.05) is 23.2 Å². The zero-order chi connectivity index (χ0) is 17.9. The van der Waals surface area contributed by atoms with Crippen molar-refractivity contribution in [2.45, 2.75) is 11.4 Å². The maximum Gasteiger partial charge on any atom is 0.242 e. The average Bonchev–Trinajstić information content (AvgIpc) is 3.06. The van der Waals surface area contributed by atoms with Gasteiger partial charge in [-0.05, 0) is 36.4 Å². The highest BCUT2D eigenvalue weighted by Crippen LogP contribution is 2.24. The Kier molecular flexibility index (Phi) is 5.39. The van der Waals surface area contributed by atoms with Crippen molar-refractivity contribution < 1.29 is 8.42 Å². The Balaban J connectivity index is 1.65. The molecule has 0 aliphatic rings. The molecule has 0 bridgehead atoms. The van der Waals surface area contributed by atoms with Gasteiger partial charge >= 0.3 is 0 Å². The van der Waals surface area contributed by atoms with E-state index in [1.165, 1.54) is 18.2 Å². The Morgan fingerprint density at radius 3 is 2.60 bits per heavy atom. The summed E-state index contributed by atoms with van der Waals surface area (Å²) in [4.78, 5) is 3.92. The van der Waals surface area contributed by atoms with Crippen LogP contribution in [0.2, 0.25) is 10.0 Å². The molecule has 0 atom stereocenters.